The summed E-state index contributed by atoms with van der Waals surface area (Å²) in [4.78, 5) is 17.6. The van der Waals surface area contributed by atoms with Crippen molar-refractivity contribution in [1.29, 1.82) is 5.26 Å². The Kier molecular flexibility index (Phi) is 3.35. The molecule has 0 bridgehead atoms. The van der Waals surface area contributed by atoms with Crippen LogP contribution < -0.4 is 5.32 Å². The van der Waals surface area contributed by atoms with Crippen molar-refractivity contribution in [3.63, 3.8) is 0 Å². The number of nitrogens with one attached hydrogen (secondary N) is 1. The maximum absolute atomic E-state index is 11.9. The Balaban J connectivity index is 2.10. The number of pyridine rings is 1. The Bertz CT molecular complexity index is 466. The first-order valence-electron chi connectivity index (χ1n) is 5.58. The number of nitriles is 1. The zero-order valence-electron chi connectivity index (χ0n) is 9.68. The zero-order chi connectivity index (χ0) is 12.3. The van der Waals surface area contributed by atoms with Crippen molar-refractivity contribution in [2.75, 3.05) is 13.1 Å². The van der Waals surface area contributed by atoms with E-state index in [0.717, 1.165) is 12.1 Å². The van der Waals surface area contributed by atoms with E-state index < -0.39 is 0 Å². The zero-order valence-corrected chi connectivity index (χ0v) is 9.68. The fraction of sp³-hybridized carbons (Fsp3) is 0.417. The van der Waals surface area contributed by atoms with Gasteiger partial charge in [-0.3, -0.25) is 4.79 Å². The summed E-state index contributed by atoms with van der Waals surface area (Å²) in [5.74, 6) is 0.103. The molecule has 1 amide bonds. The summed E-state index contributed by atoms with van der Waals surface area (Å²) in [6.07, 6.45) is 1.60. The average Bonchev–Trinajstić information content (AvgIpc) is 2.35. The number of nitrogens with zero attached hydrogens (tertiary/aromatic N) is 3. The van der Waals surface area contributed by atoms with Gasteiger partial charge in [0.1, 0.15) is 11.8 Å². The third kappa shape index (κ3) is 2.60. The van der Waals surface area contributed by atoms with Crippen molar-refractivity contribution in [1.82, 2.24) is 15.2 Å². The SMILES string of the molecule is CC1NCCN(Cc2ccnc(C#N)c2)C1=O. The minimum absolute atomic E-state index is 0.103. The van der Waals surface area contributed by atoms with Gasteiger partial charge in [0.25, 0.3) is 0 Å². The summed E-state index contributed by atoms with van der Waals surface area (Å²) in [5.41, 5.74) is 1.33. The topological polar surface area (TPSA) is 69.0 Å². The average molecular weight is 230 g/mol. The van der Waals surface area contributed by atoms with Crippen LogP contribution in [-0.4, -0.2) is 34.9 Å². The maximum atomic E-state index is 11.9. The van der Waals surface area contributed by atoms with E-state index >= 15 is 0 Å². The second-order valence-electron chi connectivity index (χ2n) is 4.10. The third-order valence-electron chi connectivity index (χ3n) is 2.83. The predicted molar refractivity (Wildman–Crippen MR) is 61.8 cm³/mol. The molecule has 0 aliphatic carbocycles. The fourth-order valence-electron chi connectivity index (χ4n) is 1.90. The number of aromatic nitrogens is 1. The van der Waals surface area contributed by atoms with Gasteiger partial charge in [0, 0.05) is 25.8 Å². The molecule has 0 aromatic carbocycles. The smallest absolute Gasteiger partial charge is 0.239 e. The predicted octanol–water partition coefficient (Wildman–Crippen LogP) is 0.274. The number of amides is 1. The molecule has 88 valence electrons. The van der Waals surface area contributed by atoms with Gasteiger partial charge in [0.2, 0.25) is 5.91 Å². The van der Waals surface area contributed by atoms with Crippen LogP contribution in [0.15, 0.2) is 18.3 Å². The van der Waals surface area contributed by atoms with Crippen molar-refractivity contribution in [2.45, 2.75) is 19.5 Å². The second kappa shape index (κ2) is 4.93. The van der Waals surface area contributed by atoms with Crippen LogP contribution in [0.4, 0.5) is 0 Å². The summed E-state index contributed by atoms with van der Waals surface area (Å²) >= 11 is 0. The van der Waals surface area contributed by atoms with Crippen molar-refractivity contribution >= 4 is 5.91 Å². The van der Waals surface area contributed by atoms with E-state index in [0.29, 0.717) is 18.8 Å². The van der Waals surface area contributed by atoms with E-state index in [1.807, 2.05) is 19.1 Å². The Morgan fingerprint density at radius 3 is 3.29 bits per heavy atom. The first-order chi connectivity index (χ1) is 8.20. The van der Waals surface area contributed by atoms with E-state index in [4.69, 9.17) is 5.26 Å². The summed E-state index contributed by atoms with van der Waals surface area (Å²) in [6.45, 7) is 3.92. The monoisotopic (exact) mass is 230 g/mol. The molecule has 1 fully saturated rings. The quantitative estimate of drug-likeness (QED) is 0.792. The van der Waals surface area contributed by atoms with Gasteiger partial charge < -0.3 is 10.2 Å². The Hall–Kier alpha value is -1.93. The van der Waals surface area contributed by atoms with E-state index in [-0.39, 0.29) is 11.9 Å². The molecular weight excluding hydrogens is 216 g/mol. The lowest BCUT2D eigenvalue weighted by Gasteiger charge is -2.31. The van der Waals surface area contributed by atoms with Crippen LogP contribution in [0.3, 0.4) is 0 Å². The van der Waals surface area contributed by atoms with E-state index in [1.54, 1.807) is 17.2 Å². The van der Waals surface area contributed by atoms with Crippen LogP contribution in [0, 0.1) is 11.3 Å². The van der Waals surface area contributed by atoms with Gasteiger partial charge in [-0.2, -0.15) is 5.26 Å². The van der Waals surface area contributed by atoms with E-state index in [2.05, 4.69) is 10.3 Å². The molecule has 1 unspecified atom stereocenters. The molecule has 1 aromatic rings. The van der Waals surface area contributed by atoms with Gasteiger partial charge >= 0.3 is 0 Å². The molecule has 0 spiro atoms. The summed E-state index contributed by atoms with van der Waals surface area (Å²) in [6, 6.07) is 5.43. The lowest BCUT2D eigenvalue weighted by atomic mass is 10.1. The molecule has 1 atom stereocenters. The fourth-order valence-corrected chi connectivity index (χ4v) is 1.90. The molecule has 1 aliphatic rings. The normalized spacial score (nSPS) is 20.1. The van der Waals surface area contributed by atoms with E-state index in [9.17, 15) is 4.79 Å². The summed E-state index contributed by atoms with van der Waals surface area (Å²) < 4.78 is 0. The van der Waals surface area contributed by atoms with Crippen LogP contribution >= 0.6 is 0 Å². The van der Waals surface area contributed by atoms with Crippen LogP contribution in [0.25, 0.3) is 0 Å². The highest BCUT2D eigenvalue weighted by atomic mass is 16.2. The van der Waals surface area contributed by atoms with Crippen molar-refractivity contribution < 1.29 is 4.79 Å². The van der Waals surface area contributed by atoms with Gasteiger partial charge in [-0.15, -0.1) is 0 Å². The molecule has 0 saturated carbocycles. The number of hydrogen-bond donors (Lipinski definition) is 1. The second-order valence-corrected chi connectivity index (χ2v) is 4.10. The van der Waals surface area contributed by atoms with Crippen molar-refractivity contribution in [3.8, 4) is 6.07 Å². The molecule has 5 heteroatoms. The minimum Gasteiger partial charge on any atom is -0.336 e. The van der Waals surface area contributed by atoms with Gasteiger partial charge in [-0.1, -0.05) is 0 Å². The molecule has 1 N–H and O–H groups in total. The molecule has 1 saturated heterocycles. The number of rotatable bonds is 2. The molecule has 1 aliphatic heterocycles. The number of piperazine rings is 1. The van der Waals surface area contributed by atoms with E-state index in [1.165, 1.54) is 0 Å². The maximum Gasteiger partial charge on any atom is 0.239 e. The lowest BCUT2D eigenvalue weighted by molar-refractivity contribution is -0.135. The first kappa shape index (κ1) is 11.6. The highest BCUT2D eigenvalue weighted by Gasteiger charge is 2.24. The third-order valence-corrected chi connectivity index (χ3v) is 2.83. The highest BCUT2D eigenvalue weighted by Crippen LogP contribution is 2.09. The van der Waals surface area contributed by atoms with Crippen LogP contribution in [0.2, 0.25) is 0 Å². The molecule has 1 aromatic heterocycles. The summed E-state index contributed by atoms with van der Waals surface area (Å²) in [7, 11) is 0. The van der Waals surface area contributed by atoms with Crippen molar-refractivity contribution in [3.05, 3.63) is 29.6 Å². The number of hydrogen-bond acceptors (Lipinski definition) is 4. The molecule has 5 nitrogen and oxygen atoms in total. The van der Waals surface area contributed by atoms with Gasteiger partial charge in [0.05, 0.1) is 6.04 Å². The largest absolute Gasteiger partial charge is 0.336 e. The molecular formula is C12H14N4O. The lowest BCUT2D eigenvalue weighted by Crippen LogP contribution is -2.53. The van der Waals surface area contributed by atoms with Gasteiger partial charge in [0.15, 0.2) is 0 Å². The minimum atomic E-state index is -0.124. The van der Waals surface area contributed by atoms with Gasteiger partial charge in [-0.05, 0) is 24.6 Å². The van der Waals surface area contributed by atoms with Gasteiger partial charge in [-0.25, -0.2) is 4.98 Å². The Morgan fingerprint density at radius 2 is 2.53 bits per heavy atom. The highest BCUT2D eigenvalue weighted by molar-refractivity contribution is 5.82. The van der Waals surface area contributed by atoms with Crippen molar-refractivity contribution in [2.24, 2.45) is 0 Å². The number of carbonyl (C=O) groups excluding carboxylic acids is 1. The van der Waals surface area contributed by atoms with Crippen LogP contribution in [0.1, 0.15) is 18.2 Å². The van der Waals surface area contributed by atoms with Crippen LogP contribution in [0.5, 0.6) is 0 Å². The Morgan fingerprint density at radius 1 is 1.71 bits per heavy atom. The van der Waals surface area contributed by atoms with Crippen LogP contribution in [-0.2, 0) is 11.3 Å². The first-order valence-corrected chi connectivity index (χ1v) is 5.58. The summed E-state index contributed by atoms with van der Waals surface area (Å²) in [5, 5.41) is 11.9. The molecule has 17 heavy (non-hydrogen) atoms. The number of carbonyl (C=O) groups is 1. The molecule has 2 heterocycles. The molecule has 0 radical (unpaired) electrons. The molecule has 2 rings (SSSR count). The standard InChI is InChI=1S/C12H14N4O/c1-9-12(17)16(5-4-14-9)8-10-2-3-15-11(6-10)7-13/h2-3,6,9,14H,4-5,8H2,1H3. The Labute approximate surface area is 100 Å².